The summed E-state index contributed by atoms with van der Waals surface area (Å²) in [4.78, 5) is 13.0. The number of rotatable bonds is 1. The normalized spacial score (nSPS) is 36.8. The number of carbonyl (C=O) groups excluding carboxylic acids is 1. The molecular weight excluding hydrogens is 170 g/mol. The molecule has 3 aliphatic rings. The number of carbonyl (C=O) groups is 1. The minimum atomic E-state index is -0.232. The average molecular weight is 185 g/mol. The van der Waals surface area contributed by atoms with Crippen molar-refractivity contribution in [1.29, 1.82) is 0 Å². The molecule has 0 aromatic carbocycles. The van der Waals surface area contributed by atoms with E-state index in [0.717, 1.165) is 6.42 Å². The molecule has 0 aromatic rings. The molecule has 1 N–H and O–H groups in total. The van der Waals surface area contributed by atoms with Crippen LogP contribution in [0.15, 0.2) is 0 Å². The largest absolute Gasteiger partial charge is 0.450 e. The minimum Gasteiger partial charge on any atom is -0.450 e. The molecule has 74 valence electrons. The first-order valence-electron chi connectivity index (χ1n) is 4.82. The Morgan fingerprint density at radius 3 is 2.62 bits per heavy atom. The molecule has 2 bridgehead atoms. The fraction of sp³-hybridized carbons (Fsp3) is 0.889. The summed E-state index contributed by atoms with van der Waals surface area (Å²) in [5, 5.41) is 9.48. The Kier molecular flexibility index (Phi) is 2.15. The van der Waals surface area contributed by atoms with Crippen molar-refractivity contribution in [3.63, 3.8) is 0 Å². The molecule has 1 aliphatic carbocycles. The van der Waals surface area contributed by atoms with Crippen LogP contribution in [0.3, 0.4) is 0 Å². The number of ether oxygens (including phenoxy) is 1. The fourth-order valence-corrected chi connectivity index (χ4v) is 2.23. The second kappa shape index (κ2) is 3.18. The van der Waals surface area contributed by atoms with Crippen LogP contribution in [0, 0.1) is 11.8 Å². The molecular formula is C9H15NO3. The van der Waals surface area contributed by atoms with E-state index in [1.165, 1.54) is 0 Å². The number of aliphatic hydroxyl groups excluding tert-OH is 1. The van der Waals surface area contributed by atoms with Gasteiger partial charge in [-0.2, -0.15) is 0 Å². The zero-order valence-corrected chi connectivity index (χ0v) is 7.77. The van der Waals surface area contributed by atoms with Gasteiger partial charge in [-0.25, -0.2) is 4.79 Å². The number of amides is 1. The molecule has 1 unspecified atom stereocenters. The highest BCUT2D eigenvalue weighted by Crippen LogP contribution is 2.39. The predicted octanol–water partition coefficient (Wildman–Crippen LogP) is 0.455. The number of hydrogen-bond acceptors (Lipinski definition) is 3. The van der Waals surface area contributed by atoms with Gasteiger partial charge in [-0.3, -0.25) is 0 Å². The molecule has 3 rings (SSSR count). The summed E-state index contributed by atoms with van der Waals surface area (Å²) >= 11 is 0. The molecule has 4 heteroatoms. The Bertz CT molecular complexity index is 207. The summed E-state index contributed by atoms with van der Waals surface area (Å²) in [7, 11) is 0. The second-order valence-electron chi connectivity index (χ2n) is 3.85. The third-order valence-electron chi connectivity index (χ3n) is 3.01. The van der Waals surface area contributed by atoms with Crippen LogP contribution in [0.5, 0.6) is 0 Å². The van der Waals surface area contributed by atoms with Gasteiger partial charge in [-0.05, 0) is 13.3 Å². The van der Waals surface area contributed by atoms with Crippen molar-refractivity contribution in [3.8, 4) is 0 Å². The molecule has 2 aliphatic heterocycles. The van der Waals surface area contributed by atoms with E-state index in [9.17, 15) is 9.90 Å². The topological polar surface area (TPSA) is 49.8 Å². The van der Waals surface area contributed by atoms with Crippen LogP contribution in [0.25, 0.3) is 0 Å². The van der Waals surface area contributed by atoms with E-state index in [2.05, 4.69) is 0 Å². The zero-order valence-electron chi connectivity index (χ0n) is 7.77. The van der Waals surface area contributed by atoms with Crippen LogP contribution in [-0.4, -0.2) is 41.9 Å². The maximum absolute atomic E-state index is 11.3. The number of hydrogen-bond donors (Lipinski definition) is 1. The molecule has 2 saturated heterocycles. The van der Waals surface area contributed by atoms with Gasteiger partial charge in [0, 0.05) is 24.9 Å². The minimum absolute atomic E-state index is 0.175. The predicted molar refractivity (Wildman–Crippen MR) is 46.2 cm³/mol. The van der Waals surface area contributed by atoms with Gasteiger partial charge >= 0.3 is 6.09 Å². The lowest BCUT2D eigenvalue weighted by atomic mass is 9.68. The van der Waals surface area contributed by atoms with Crippen LogP contribution >= 0.6 is 0 Å². The summed E-state index contributed by atoms with van der Waals surface area (Å²) in [6.45, 7) is 3.55. The number of fused-ring (bicyclic) bond motifs is 2. The van der Waals surface area contributed by atoms with Gasteiger partial charge in [-0.1, -0.05) is 0 Å². The monoisotopic (exact) mass is 185 g/mol. The summed E-state index contributed by atoms with van der Waals surface area (Å²) in [5.41, 5.74) is 0. The summed E-state index contributed by atoms with van der Waals surface area (Å²) in [6, 6.07) is 0. The van der Waals surface area contributed by atoms with Crippen molar-refractivity contribution in [2.45, 2.75) is 19.4 Å². The van der Waals surface area contributed by atoms with Crippen LogP contribution in [0.2, 0.25) is 0 Å². The maximum atomic E-state index is 11.3. The van der Waals surface area contributed by atoms with Crippen molar-refractivity contribution in [3.05, 3.63) is 0 Å². The highest BCUT2D eigenvalue weighted by molar-refractivity contribution is 5.68. The Labute approximate surface area is 77.5 Å². The van der Waals surface area contributed by atoms with Crippen molar-refractivity contribution in [2.24, 2.45) is 11.8 Å². The second-order valence-corrected chi connectivity index (χ2v) is 3.85. The lowest BCUT2D eigenvalue weighted by Crippen LogP contribution is -2.59. The van der Waals surface area contributed by atoms with E-state index in [1.807, 2.05) is 0 Å². The van der Waals surface area contributed by atoms with Gasteiger partial charge in [0.2, 0.25) is 0 Å². The SMILES string of the molecule is CCOC(=O)N1C[C@H]2C[C@@H](C1)C2O. The Morgan fingerprint density at radius 1 is 1.54 bits per heavy atom. The van der Waals surface area contributed by atoms with Crippen LogP contribution in [0.4, 0.5) is 4.79 Å². The first kappa shape index (κ1) is 8.81. The smallest absolute Gasteiger partial charge is 0.409 e. The molecule has 1 amide bonds. The summed E-state index contributed by atoms with van der Waals surface area (Å²) in [6.07, 6.45) is 0.659. The van der Waals surface area contributed by atoms with Crippen molar-refractivity contribution in [2.75, 3.05) is 19.7 Å². The third-order valence-corrected chi connectivity index (χ3v) is 3.01. The Morgan fingerprint density at radius 2 is 2.15 bits per heavy atom. The molecule has 4 nitrogen and oxygen atoms in total. The third kappa shape index (κ3) is 1.39. The van der Waals surface area contributed by atoms with Crippen LogP contribution < -0.4 is 0 Å². The number of nitrogens with zero attached hydrogens (tertiary/aromatic N) is 1. The first-order valence-corrected chi connectivity index (χ1v) is 4.82. The quantitative estimate of drug-likeness (QED) is 0.645. The van der Waals surface area contributed by atoms with Crippen molar-refractivity contribution in [1.82, 2.24) is 4.90 Å². The molecule has 3 atom stereocenters. The highest BCUT2D eigenvalue weighted by atomic mass is 16.6. The van der Waals surface area contributed by atoms with Gasteiger partial charge in [-0.15, -0.1) is 0 Å². The molecule has 0 aromatic heterocycles. The molecule has 3 fully saturated rings. The van der Waals surface area contributed by atoms with Crippen molar-refractivity contribution < 1.29 is 14.6 Å². The van der Waals surface area contributed by atoms with E-state index in [1.54, 1.807) is 11.8 Å². The van der Waals surface area contributed by atoms with Gasteiger partial charge in [0.25, 0.3) is 0 Å². The zero-order chi connectivity index (χ0) is 9.42. The number of piperidine rings is 2. The lowest BCUT2D eigenvalue weighted by Gasteiger charge is -2.50. The van der Waals surface area contributed by atoms with E-state index in [0.29, 0.717) is 31.5 Å². The molecule has 0 spiro atoms. The average Bonchev–Trinajstić information content (AvgIpc) is 2.17. The molecule has 13 heavy (non-hydrogen) atoms. The molecule has 1 saturated carbocycles. The lowest BCUT2D eigenvalue weighted by molar-refractivity contribution is -0.101. The van der Waals surface area contributed by atoms with Gasteiger partial charge in [0.15, 0.2) is 0 Å². The Balaban J connectivity index is 1.88. The summed E-state index contributed by atoms with van der Waals surface area (Å²) in [5.74, 6) is 0.589. The van der Waals surface area contributed by atoms with Gasteiger partial charge in [0.1, 0.15) is 0 Å². The Hall–Kier alpha value is -0.770. The number of aliphatic hydroxyl groups is 1. The van der Waals surface area contributed by atoms with Gasteiger partial charge < -0.3 is 14.7 Å². The summed E-state index contributed by atoms with van der Waals surface area (Å²) < 4.78 is 4.89. The first-order chi connectivity index (χ1) is 6.22. The van der Waals surface area contributed by atoms with E-state index in [4.69, 9.17) is 4.74 Å². The molecule has 2 heterocycles. The maximum Gasteiger partial charge on any atom is 0.409 e. The van der Waals surface area contributed by atoms with E-state index < -0.39 is 0 Å². The molecule has 0 radical (unpaired) electrons. The highest BCUT2D eigenvalue weighted by Gasteiger charge is 2.47. The van der Waals surface area contributed by atoms with E-state index >= 15 is 0 Å². The van der Waals surface area contributed by atoms with E-state index in [-0.39, 0.29) is 12.2 Å². The van der Waals surface area contributed by atoms with Crippen LogP contribution in [0.1, 0.15) is 13.3 Å². The fourth-order valence-electron chi connectivity index (χ4n) is 2.23. The van der Waals surface area contributed by atoms with Crippen molar-refractivity contribution >= 4 is 6.09 Å². The standard InChI is InChI=1S/C9H15NO3/c1-2-13-9(12)10-4-6-3-7(5-10)8(6)11/h6-8,11H,2-5H2,1H3/t6-,7+,8?. The van der Waals surface area contributed by atoms with Gasteiger partial charge in [0.05, 0.1) is 12.7 Å². The van der Waals surface area contributed by atoms with Crippen LogP contribution in [-0.2, 0) is 4.74 Å².